The van der Waals surface area contributed by atoms with E-state index in [-0.39, 0.29) is 12.2 Å². The Kier molecular flexibility index (Phi) is 2.84. The van der Waals surface area contributed by atoms with E-state index in [2.05, 4.69) is 0 Å². The Morgan fingerprint density at radius 2 is 2.09 bits per heavy atom. The van der Waals surface area contributed by atoms with Gasteiger partial charge in [-0.1, -0.05) is 0 Å². The van der Waals surface area contributed by atoms with Crippen LogP contribution in [0.5, 0.6) is 0 Å². The van der Waals surface area contributed by atoms with Gasteiger partial charge in [0.2, 0.25) is 0 Å². The highest BCUT2D eigenvalue weighted by molar-refractivity contribution is 4.80. The molecular weight excluding hydrogens is 148 g/mol. The molecule has 0 aromatic rings. The first-order chi connectivity index (χ1) is 5.15. The Balaban J connectivity index is 2.51. The molecule has 0 aromatic heterocycles. The van der Waals surface area contributed by atoms with Crippen molar-refractivity contribution in [1.29, 1.82) is 0 Å². The molecule has 1 rings (SSSR count). The summed E-state index contributed by atoms with van der Waals surface area (Å²) in [7, 11) is 1.51. The molecule has 4 nitrogen and oxygen atoms in total. The smallest absolute Gasteiger partial charge is 0.157 e. The molecule has 2 N–H and O–H groups in total. The van der Waals surface area contributed by atoms with Crippen molar-refractivity contribution in [3.63, 3.8) is 0 Å². The highest BCUT2D eigenvalue weighted by Gasteiger charge is 2.34. The van der Waals surface area contributed by atoms with Crippen molar-refractivity contribution in [3.8, 4) is 0 Å². The van der Waals surface area contributed by atoms with Crippen molar-refractivity contribution in [1.82, 2.24) is 0 Å². The molecule has 1 heterocycles. The number of rotatable bonds is 1. The summed E-state index contributed by atoms with van der Waals surface area (Å²) < 4.78 is 9.91. The number of ether oxygens (including phenoxy) is 2. The van der Waals surface area contributed by atoms with Gasteiger partial charge in [0, 0.05) is 13.5 Å². The number of hydrogen-bond acceptors (Lipinski definition) is 4. The van der Waals surface area contributed by atoms with E-state index in [4.69, 9.17) is 14.6 Å². The van der Waals surface area contributed by atoms with Gasteiger partial charge in [0.25, 0.3) is 0 Å². The van der Waals surface area contributed by atoms with Crippen LogP contribution in [-0.2, 0) is 9.47 Å². The molecule has 0 bridgehead atoms. The van der Waals surface area contributed by atoms with E-state index in [0.29, 0.717) is 6.42 Å². The summed E-state index contributed by atoms with van der Waals surface area (Å²) in [5.74, 6) is 0. The molecule has 4 atom stereocenters. The molecule has 0 saturated carbocycles. The summed E-state index contributed by atoms with van der Waals surface area (Å²) in [6.07, 6.45) is -1.78. The highest BCUT2D eigenvalue weighted by Crippen LogP contribution is 2.20. The summed E-state index contributed by atoms with van der Waals surface area (Å²) >= 11 is 0. The summed E-state index contributed by atoms with van der Waals surface area (Å²) in [5, 5.41) is 18.5. The monoisotopic (exact) mass is 162 g/mol. The second kappa shape index (κ2) is 3.49. The Morgan fingerprint density at radius 3 is 2.64 bits per heavy atom. The second-order valence-electron chi connectivity index (χ2n) is 2.80. The lowest BCUT2D eigenvalue weighted by Crippen LogP contribution is -2.47. The summed E-state index contributed by atoms with van der Waals surface area (Å²) in [6, 6.07) is 0. The van der Waals surface area contributed by atoms with E-state index in [1.165, 1.54) is 7.11 Å². The molecule has 11 heavy (non-hydrogen) atoms. The van der Waals surface area contributed by atoms with E-state index in [1.807, 2.05) is 0 Å². The van der Waals surface area contributed by atoms with Crippen LogP contribution in [0.2, 0.25) is 0 Å². The Hall–Kier alpha value is -0.160. The molecule has 66 valence electrons. The molecule has 0 spiro atoms. The third-order valence-electron chi connectivity index (χ3n) is 1.97. The van der Waals surface area contributed by atoms with Crippen LogP contribution in [0.4, 0.5) is 0 Å². The molecule has 1 fully saturated rings. The Morgan fingerprint density at radius 1 is 1.45 bits per heavy atom. The van der Waals surface area contributed by atoms with Crippen molar-refractivity contribution < 1.29 is 19.7 Å². The van der Waals surface area contributed by atoms with Crippen LogP contribution in [0, 0.1) is 0 Å². The van der Waals surface area contributed by atoms with Gasteiger partial charge in [0.15, 0.2) is 6.29 Å². The van der Waals surface area contributed by atoms with Crippen LogP contribution in [-0.4, -0.2) is 41.9 Å². The quantitative estimate of drug-likeness (QED) is 0.545. The van der Waals surface area contributed by atoms with Crippen molar-refractivity contribution in [2.75, 3.05) is 7.11 Å². The predicted octanol–water partition coefficient (Wildman–Crippen LogP) is -0.510. The Bertz CT molecular complexity index is 128. The van der Waals surface area contributed by atoms with E-state index in [1.54, 1.807) is 6.92 Å². The van der Waals surface area contributed by atoms with Crippen molar-refractivity contribution >= 4 is 0 Å². The fourth-order valence-corrected chi connectivity index (χ4v) is 1.26. The zero-order chi connectivity index (χ0) is 8.43. The van der Waals surface area contributed by atoms with Gasteiger partial charge < -0.3 is 19.7 Å². The minimum absolute atomic E-state index is 0.311. The Labute approximate surface area is 65.7 Å². The summed E-state index contributed by atoms with van der Waals surface area (Å²) in [5.41, 5.74) is 0. The van der Waals surface area contributed by atoms with E-state index in [9.17, 15) is 5.11 Å². The van der Waals surface area contributed by atoms with Crippen molar-refractivity contribution in [3.05, 3.63) is 0 Å². The van der Waals surface area contributed by atoms with Gasteiger partial charge in [-0.3, -0.25) is 0 Å². The number of methoxy groups -OCH3 is 1. The van der Waals surface area contributed by atoms with Gasteiger partial charge in [0.1, 0.15) is 6.10 Å². The number of aliphatic hydroxyl groups is 2. The largest absolute Gasteiger partial charge is 0.388 e. The molecule has 0 aliphatic carbocycles. The molecular formula is C7H14O4. The van der Waals surface area contributed by atoms with Crippen LogP contribution in [0.3, 0.4) is 0 Å². The zero-order valence-corrected chi connectivity index (χ0v) is 6.73. The highest BCUT2D eigenvalue weighted by atomic mass is 16.6. The second-order valence-corrected chi connectivity index (χ2v) is 2.80. The van der Waals surface area contributed by atoms with Gasteiger partial charge in [-0.25, -0.2) is 0 Å². The molecule has 0 aromatic carbocycles. The predicted molar refractivity (Wildman–Crippen MR) is 38.0 cm³/mol. The molecule has 1 aliphatic rings. The zero-order valence-electron chi connectivity index (χ0n) is 6.73. The molecule has 1 saturated heterocycles. The average Bonchev–Trinajstić information content (AvgIpc) is 1.96. The third kappa shape index (κ3) is 1.90. The van der Waals surface area contributed by atoms with Crippen molar-refractivity contribution in [2.45, 2.75) is 37.9 Å². The third-order valence-corrected chi connectivity index (χ3v) is 1.97. The van der Waals surface area contributed by atoms with Crippen LogP contribution in [0.25, 0.3) is 0 Å². The maximum absolute atomic E-state index is 9.39. The van der Waals surface area contributed by atoms with Gasteiger partial charge >= 0.3 is 0 Å². The SMILES string of the molecule is COC1CC(O)OC(C)C1O. The lowest BCUT2D eigenvalue weighted by Gasteiger charge is -2.34. The van der Waals surface area contributed by atoms with Crippen LogP contribution < -0.4 is 0 Å². The normalized spacial score (nSPS) is 45.8. The van der Waals surface area contributed by atoms with Gasteiger partial charge in [-0.2, -0.15) is 0 Å². The molecule has 4 unspecified atom stereocenters. The van der Waals surface area contributed by atoms with Gasteiger partial charge in [-0.05, 0) is 6.92 Å². The molecule has 1 aliphatic heterocycles. The topological polar surface area (TPSA) is 58.9 Å². The van der Waals surface area contributed by atoms with E-state index in [0.717, 1.165) is 0 Å². The lowest BCUT2D eigenvalue weighted by atomic mass is 10.0. The minimum atomic E-state index is -0.807. The molecule has 0 radical (unpaired) electrons. The average molecular weight is 162 g/mol. The first kappa shape index (κ1) is 8.93. The first-order valence-electron chi connectivity index (χ1n) is 3.69. The minimum Gasteiger partial charge on any atom is -0.388 e. The van der Waals surface area contributed by atoms with Crippen LogP contribution in [0.15, 0.2) is 0 Å². The lowest BCUT2D eigenvalue weighted by molar-refractivity contribution is -0.231. The van der Waals surface area contributed by atoms with E-state index >= 15 is 0 Å². The molecule has 0 amide bonds. The van der Waals surface area contributed by atoms with Crippen LogP contribution in [0.1, 0.15) is 13.3 Å². The maximum atomic E-state index is 9.39. The summed E-state index contributed by atoms with van der Waals surface area (Å²) in [4.78, 5) is 0. The van der Waals surface area contributed by atoms with Crippen LogP contribution >= 0.6 is 0 Å². The van der Waals surface area contributed by atoms with Gasteiger partial charge in [0.05, 0.1) is 12.2 Å². The fourth-order valence-electron chi connectivity index (χ4n) is 1.26. The number of hydrogen-bond donors (Lipinski definition) is 2. The van der Waals surface area contributed by atoms with Crippen molar-refractivity contribution in [2.24, 2.45) is 0 Å². The first-order valence-corrected chi connectivity index (χ1v) is 3.69. The summed E-state index contributed by atoms with van der Waals surface area (Å²) in [6.45, 7) is 1.71. The molecule has 4 heteroatoms. The van der Waals surface area contributed by atoms with E-state index < -0.39 is 12.4 Å². The fraction of sp³-hybridized carbons (Fsp3) is 1.00. The standard InChI is InChI=1S/C7H14O4/c1-4-7(9)5(10-2)3-6(8)11-4/h4-9H,3H2,1-2H3. The number of aliphatic hydroxyl groups excluding tert-OH is 2. The van der Waals surface area contributed by atoms with Gasteiger partial charge in [-0.15, -0.1) is 0 Å². The maximum Gasteiger partial charge on any atom is 0.157 e.